The van der Waals surface area contributed by atoms with Crippen molar-refractivity contribution in [3.8, 4) is 22.6 Å². The van der Waals surface area contributed by atoms with Gasteiger partial charge >= 0.3 is 88.7 Å². The number of nitrogens with two attached hydrogens (primary N) is 1. The molecule has 19 nitrogen and oxygen atoms in total. The Kier molecular flexibility index (Phi) is 18.1. The zero-order valence-corrected chi connectivity index (χ0v) is 43.6. The van der Waals surface area contributed by atoms with E-state index in [0.717, 1.165) is 46.6 Å². The summed E-state index contributed by atoms with van der Waals surface area (Å²) in [7, 11) is -15.2. The third kappa shape index (κ3) is 12.7. The molecule has 5 N–H and O–H groups in total. The molecule has 7 rings (SSSR count). The van der Waals surface area contributed by atoms with Gasteiger partial charge in [-0.05, 0) is 108 Å². The molecule has 0 saturated heterocycles. The van der Waals surface area contributed by atoms with Gasteiger partial charge in [-0.15, -0.1) is 21.1 Å². The van der Waals surface area contributed by atoms with Crippen LogP contribution in [0.25, 0.3) is 21.9 Å². The molecule has 320 valence electrons. The molecular formula is C41H29N8Na3O11S3. The zero-order chi connectivity index (χ0) is 45.3. The Bertz CT molecular complexity index is 3380. The quantitative estimate of drug-likeness (QED) is 0.0541. The van der Waals surface area contributed by atoms with Crippen molar-refractivity contribution < 1.29 is 138 Å². The Morgan fingerprint density at radius 1 is 0.561 bits per heavy atom. The van der Waals surface area contributed by atoms with Crippen LogP contribution in [-0.4, -0.2) is 38.9 Å². The molecule has 0 aliphatic rings. The van der Waals surface area contributed by atoms with Crippen molar-refractivity contribution in [3.05, 3.63) is 133 Å². The Morgan fingerprint density at radius 2 is 1.03 bits per heavy atom. The number of nitrogens with one attached hydrogen (secondary N) is 1. The standard InChI is InChI=1S/C41H32N8O11S3.3Na/c1-23-4-2-3-5-32(23)43-34-22-30(50)16-19-33(34)47-44-27-10-6-24(7-11-27)25-8-12-28(13-9-25)45-48-39-35(62(55,56)57)20-26-21-36(63(58,59)60)40(41(51)37(26)38(39)42)49-46-29-14-17-31(18-15-29)61(52,53)54;;;/h2-22,43,50-51H,42H2,1H3,(H,52,53,54)(H,55,56,57)(H,58,59,60);;;/q;3*+1/p-3. The van der Waals surface area contributed by atoms with Crippen LogP contribution in [0, 0.1) is 6.92 Å². The molecule has 7 aromatic rings. The predicted molar refractivity (Wildman–Crippen MR) is 227 cm³/mol. The van der Waals surface area contributed by atoms with E-state index in [1.807, 2.05) is 31.2 Å². The van der Waals surface area contributed by atoms with E-state index in [2.05, 4.69) is 36.0 Å². The summed E-state index contributed by atoms with van der Waals surface area (Å²) in [6, 6.07) is 30.8. The summed E-state index contributed by atoms with van der Waals surface area (Å²) in [5.74, 6) is -1.45. The summed E-state index contributed by atoms with van der Waals surface area (Å²) < 4.78 is 104. The number of hydrogen-bond donors (Lipinski definition) is 4. The van der Waals surface area contributed by atoms with Crippen LogP contribution in [0.1, 0.15) is 5.56 Å². The first-order valence-corrected chi connectivity index (χ1v) is 22.3. The molecule has 0 bridgehead atoms. The molecule has 25 heteroatoms. The number of anilines is 3. The molecule has 7 aromatic carbocycles. The van der Waals surface area contributed by atoms with E-state index in [4.69, 9.17) is 5.73 Å². The molecule has 0 aliphatic carbocycles. The summed E-state index contributed by atoms with van der Waals surface area (Å²) in [4.78, 5) is -2.66. The third-order valence-corrected chi connectivity index (χ3v) is 11.8. The molecule has 0 atom stereocenters. The fourth-order valence-electron chi connectivity index (χ4n) is 6.09. The number of aryl methyl sites for hydroxylation is 1. The summed E-state index contributed by atoms with van der Waals surface area (Å²) in [5, 5.41) is 52.2. The molecule has 0 spiro atoms. The number of para-hydroxylation sites is 1. The second-order valence-corrected chi connectivity index (χ2v) is 17.7. The zero-order valence-electron chi connectivity index (χ0n) is 35.2. The van der Waals surface area contributed by atoms with Crippen LogP contribution in [0.2, 0.25) is 0 Å². The Labute approximate surface area is 444 Å². The van der Waals surface area contributed by atoms with E-state index in [1.165, 1.54) is 24.3 Å². The van der Waals surface area contributed by atoms with Crippen molar-refractivity contribution in [2.45, 2.75) is 21.6 Å². The molecule has 0 aliphatic heterocycles. The van der Waals surface area contributed by atoms with E-state index in [-0.39, 0.29) is 106 Å². The number of rotatable bonds is 12. The molecule has 66 heavy (non-hydrogen) atoms. The van der Waals surface area contributed by atoms with Crippen LogP contribution in [0.3, 0.4) is 0 Å². The average Bonchev–Trinajstić information content (AvgIpc) is 3.23. The van der Waals surface area contributed by atoms with E-state index in [9.17, 15) is 49.1 Å². The van der Waals surface area contributed by atoms with Crippen LogP contribution >= 0.6 is 0 Å². The second kappa shape index (κ2) is 22.1. The molecule has 0 unspecified atom stereocenters. The maximum Gasteiger partial charge on any atom is 1.00 e. The molecule has 0 fully saturated rings. The van der Waals surface area contributed by atoms with Gasteiger partial charge in [0.15, 0.2) is 0 Å². The van der Waals surface area contributed by atoms with Gasteiger partial charge in [0.1, 0.15) is 31.3 Å². The van der Waals surface area contributed by atoms with Gasteiger partial charge in [0.25, 0.3) is 20.2 Å². The third-order valence-electron chi connectivity index (χ3n) is 9.23. The smallest absolute Gasteiger partial charge is 0.872 e. The van der Waals surface area contributed by atoms with Gasteiger partial charge in [0.05, 0.1) is 39.0 Å². The summed E-state index contributed by atoms with van der Waals surface area (Å²) >= 11 is 0. The largest absolute Gasteiger partial charge is 1.00 e. The molecule has 0 saturated carbocycles. The average molecular weight is 975 g/mol. The summed E-state index contributed by atoms with van der Waals surface area (Å²) in [6.07, 6.45) is 0. The van der Waals surface area contributed by atoms with E-state index in [1.54, 1.807) is 42.5 Å². The Morgan fingerprint density at radius 3 is 1.53 bits per heavy atom. The maximum atomic E-state index is 13.8. The number of benzene rings is 7. The molecular weight excluding hydrogens is 946 g/mol. The Balaban J connectivity index is 0.00000317. The normalized spacial score (nSPS) is 11.9. The maximum absolute atomic E-state index is 13.8. The monoisotopic (exact) mass is 974 g/mol. The minimum atomic E-state index is -5.24. The van der Waals surface area contributed by atoms with Crippen molar-refractivity contribution in [2.24, 2.45) is 30.7 Å². The van der Waals surface area contributed by atoms with Crippen LogP contribution < -0.4 is 110 Å². The summed E-state index contributed by atoms with van der Waals surface area (Å²) in [5.41, 5.74) is 8.77. The van der Waals surface area contributed by atoms with Gasteiger partial charge in [-0.2, -0.15) is 32.2 Å². The van der Waals surface area contributed by atoms with Crippen LogP contribution in [0.4, 0.5) is 51.2 Å². The molecule has 0 amide bonds. The first-order valence-electron chi connectivity index (χ1n) is 18.0. The molecule has 0 aromatic heterocycles. The van der Waals surface area contributed by atoms with E-state index >= 15 is 0 Å². The van der Waals surface area contributed by atoms with Gasteiger partial charge in [0.2, 0.25) is 0 Å². The minimum Gasteiger partial charge on any atom is -0.872 e. The SMILES string of the molecule is Cc1ccccc1Nc1cc([O-])ccc1N=Nc1ccc(-c2ccc(N=Nc3c(S(=O)(=O)O)cc4cc(S(=O)(=O)O)c(N=Nc5ccc(S(=O)(=O)[O-])cc5)c([O-])c4c3N)cc2)cc1.[Na+].[Na+].[Na+]. The van der Waals surface area contributed by atoms with Gasteiger partial charge in [0, 0.05) is 11.1 Å². The van der Waals surface area contributed by atoms with Crippen molar-refractivity contribution in [1.29, 1.82) is 0 Å². The number of nitrogen functional groups attached to an aromatic ring is 1. The van der Waals surface area contributed by atoms with Crippen LogP contribution in [0.15, 0.2) is 173 Å². The van der Waals surface area contributed by atoms with Crippen molar-refractivity contribution in [1.82, 2.24) is 0 Å². The number of hydrogen-bond acceptors (Lipinski definition) is 17. The topological polar surface area (TPSA) is 324 Å². The van der Waals surface area contributed by atoms with Gasteiger partial charge in [-0.3, -0.25) is 9.11 Å². The number of fused-ring (bicyclic) bond motifs is 1. The van der Waals surface area contributed by atoms with Crippen LogP contribution in [0.5, 0.6) is 11.5 Å². The Hall–Kier alpha value is -4.47. The molecule has 0 heterocycles. The first-order chi connectivity index (χ1) is 29.8. The fraction of sp³-hybridized carbons (Fsp3) is 0.0244. The minimum absolute atomic E-state index is 0. The van der Waals surface area contributed by atoms with E-state index in [0.29, 0.717) is 29.2 Å². The van der Waals surface area contributed by atoms with Gasteiger partial charge in [-0.25, -0.2) is 8.42 Å². The molecule has 0 radical (unpaired) electrons. The van der Waals surface area contributed by atoms with Crippen molar-refractivity contribution in [2.75, 3.05) is 11.1 Å². The fourth-order valence-corrected chi connectivity index (χ4v) is 7.89. The van der Waals surface area contributed by atoms with Crippen molar-refractivity contribution in [3.63, 3.8) is 0 Å². The predicted octanol–water partition coefficient (Wildman–Crippen LogP) is -0.0561. The van der Waals surface area contributed by atoms with E-state index < -0.39 is 78.6 Å². The summed E-state index contributed by atoms with van der Waals surface area (Å²) in [6.45, 7) is 1.94. The van der Waals surface area contributed by atoms with Crippen molar-refractivity contribution >= 4 is 92.3 Å². The van der Waals surface area contributed by atoms with Crippen LogP contribution in [-0.2, 0) is 30.4 Å². The number of nitrogens with zero attached hydrogens (tertiary/aromatic N) is 6. The number of azo groups is 3. The first kappa shape index (κ1) is 54.1. The van der Waals surface area contributed by atoms with Gasteiger partial charge < -0.3 is 25.8 Å². The van der Waals surface area contributed by atoms with Gasteiger partial charge in [-0.1, -0.05) is 54.3 Å². The second-order valence-electron chi connectivity index (χ2n) is 13.5.